The Kier molecular flexibility index (Phi) is 3.70. The van der Waals surface area contributed by atoms with Gasteiger partial charge in [0.05, 0.1) is 4.90 Å². The summed E-state index contributed by atoms with van der Waals surface area (Å²) in [5.74, 6) is 0. The van der Waals surface area contributed by atoms with Gasteiger partial charge >= 0.3 is 0 Å². The molecule has 4 rings (SSSR count). The van der Waals surface area contributed by atoms with Crippen LogP contribution in [0.2, 0.25) is 0 Å². The number of rotatable bonds is 3. The molecule has 0 fully saturated rings. The lowest BCUT2D eigenvalue weighted by Gasteiger charge is -2.10. The van der Waals surface area contributed by atoms with Crippen LogP contribution in [-0.4, -0.2) is 8.42 Å². The number of sulfonamides is 1. The van der Waals surface area contributed by atoms with Crippen molar-refractivity contribution in [2.75, 3.05) is 4.72 Å². The van der Waals surface area contributed by atoms with Crippen LogP contribution in [0.3, 0.4) is 0 Å². The van der Waals surface area contributed by atoms with E-state index in [1.165, 1.54) is 5.39 Å². The molecule has 0 aromatic heterocycles. The zero-order valence-corrected chi connectivity index (χ0v) is 14.5. The predicted molar refractivity (Wildman–Crippen MR) is 103 cm³/mol. The van der Waals surface area contributed by atoms with Crippen molar-refractivity contribution in [3.05, 3.63) is 84.4 Å². The average Bonchev–Trinajstić information content (AvgIpc) is 2.59. The zero-order chi connectivity index (χ0) is 17.4. The molecule has 0 heterocycles. The van der Waals surface area contributed by atoms with Gasteiger partial charge in [0.2, 0.25) is 0 Å². The largest absolute Gasteiger partial charge is 0.280 e. The van der Waals surface area contributed by atoms with Gasteiger partial charge in [-0.15, -0.1) is 0 Å². The van der Waals surface area contributed by atoms with Crippen LogP contribution in [0.25, 0.3) is 21.5 Å². The number of aryl methyl sites for hydroxylation is 1. The Morgan fingerprint density at radius 2 is 1.36 bits per heavy atom. The molecule has 0 bridgehead atoms. The number of fused-ring (bicyclic) bond motifs is 2. The molecule has 4 heteroatoms. The fourth-order valence-corrected chi connectivity index (χ4v) is 4.15. The van der Waals surface area contributed by atoms with Gasteiger partial charge in [0.1, 0.15) is 0 Å². The fraction of sp³-hybridized carbons (Fsp3) is 0.0476. The quantitative estimate of drug-likeness (QED) is 0.524. The summed E-state index contributed by atoms with van der Waals surface area (Å²) < 4.78 is 27.9. The monoisotopic (exact) mass is 347 g/mol. The predicted octanol–water partition coefficient (Wildman–Crippen LogP) is 5.10. The molecule has 0 saturated heterocycles. The van der Waals surface area contributed by atoms with Crippen molar-refractivity contribution in [3.8, 4) is 0 Å². The van der Waals surface area contributed by atoms with Crippen molar-refractivity contribution < 1.29 is 8.42 Å². The molecule has 0 unspecified atom stereocenters. The van der Waals surface area contributed by atoms with Gasteiger partial charge in [-0.2, -0.15) is 0 Å². The maximum Gasteiger partial charge on any atom is 0.261 e. The van der Waals surface area contributed by atoms with E-state index < -0.39 is 10.0 Å². The summed E-state index contributed by atoms with van der Waals surface area (Å²) in [5, 5.41) is 4.39. The Morgan fingerprint density at radius 1 is 0.680 bits per heavy atom. The first-order valence-electron chi connectivity index (χ1n) is 8.03. The Labute approximate surface area is 147 Å². The molecule has 1 N–H and O–H groups in total. The fourth-order valence-electron chi connectivity index (χ4n) is 3.00. The highest BCUT2D eigenvalue weighted by molar-refractivity contribution is 7.92. The number of benzene rings is 4. The maximum absolute atomic E-state index is 12.6. The van der Waals surface area contributed by atoms with Crippen molar-refractivity contribution in [2.45, 2.75) is 11.8 Å². The second-order valence-electron chi connectivity index (χ2n) is 6.18. The van der Waals surface area contributed by atoms with E-state index in [2.05, 4.69) is 29.0 Å². The summed E-state index contributed by atoms with van der Waals surface area (Å²) in [6, 6.07) is 24.8. The smallest absolute Gasteiger partial charge is 0.261 e. The summed E-state index contributed by atoms with van der Waals surface area (Å²) in [7, 11) is -3.60. The highest BCUT2D eigenvalue weighted by atomic mass is 32.2. The van der Waals surface area contributed by atoms with Crippen LogP contribution >= 0.6 is 0 Å². The lowest BCUT2D eigenvalue weighted by atomic mass is 10.0. The SMILES string of the molecule is Cc1cccc(S(=O)(=O)Nc2ccc3cc4ccccc4cc3c2)c1. The van der Waals surface area contributed by atoms with Crippen molar-refractivity contribution in [2.24, 2.45) is 0 Å². The van der Waals surface area contributed by atoms with Gasteiger partial charge in [0, 0.05) is 5.69 Å². The summed E-state index contributed by atoms with van der Waals surface area (Å²) in [6.45, 7) is 1.88. The number of hydrogen-bond acceptors (Lipinski definition) is 2. The molecule has 0 aliphatic heterocycles. The summed E-state index contributed by atoms with van der Waals surface area (Å²) in [6.07, 6.45) is 0. The van der Waals surface area contributed by atoms with Crippen molar-refractivity contribution in [1.82, 2.24) is 0 Å². The van der Waals surface area contributed by atoms with Crippen molar-refractivity contribution in [3.63, 3.8) is 0 Å². The lowest BCUT2D eigenvalue weighted by Crippen LogP contribution is -2.12. The van der Waals surface area contributed by atoms with Crippen molar-refractivity contribution in [1.29, 1.82) is 0 Å². The molecule has 0 saturated carbocycles. The van der Waals surface area contributed by atoms with Crippen LogP contribution in [0.4, 0.5) is 5.69 Å². The van der Waals surface area contributed by atoms with E-state index in [0.717, 1.165) is 21.7 Å². The van der Waals surface area contributed by atoms with Crippen LogP contribution in [0.1, 0.15) is 5.56 Å². The molecule has 0 aliphatic carbocycles. The van der Waals surface area contributed by atoms with E-state index in [9.17, 15) is 8.42 Å². The van der Waals surface area contributed by atoms with Gasteiger partial charge in [0.25, 0.3) is 10.0 Å². The molecular weight excluding hydrogens is 330 g/mol. The minimum Gasteiger partial charge on any atom is -0.280 e. The average molecular weight is 347 g/mol. The van der Waals surface area contributed by atoms with E-state index in [1.807, 2.05) is 37.3 Å². The van der Waals surface area contributed by atoms with E-state index >= 15 is 0 Å². The van der Waals surface area contributed by atoms with Crippen LogP contribution in [-0.2, 0) is 10.0 Å². The standard InChI is InChI=1S/C21H17NO2S/c1-15-5-4-8-21(11-15)25(23,24)22-20-10-9-18-12-16-6-2-3-7-17(16)13-19(18)14-20/h2-14,22H,1H3. The van der Waals surface area contributed by atoms with Gasteiger partial charge in [0.15, 0.2) is 0 Å². The molecular formula is C21H17NO2S. The van der Waals surface area contributed by atoms with Crippen LogP contribution in [0.15, 0.2) is 83.8 Å². The molecule has 0 radical (unpaired) electrons. The Morgan fingerprint density at radius 3 is 2.08 bits per heavy atom. The summed E-state index contributed by atoms with van der Waals surface area (Å²) in [4.78, 5) is 0.270. The minimum absolute atomic E-state index is 0.270. The molecule has 25 heavy (non-hydrogen) atoms. The molecule has 3 nitrogen and oxygen atoms in total. The van der Waals surface area contributed by atoms with Crippen LogP contribution in [0.5, 0.6) is 0 Å². The number of hydrogen-bond donors (Lipinski definition) is 1. The lowest BCUT2D eigenvalue weighted by molar-refractivity contribution is 0.601. The van der Waals surface area contributed by atoms with Gasteiger partial charge in [-0.25, -0.2) is 8.42 Å². The molecule has 0 atom stereocenters. The van der Waals surface area contributed by atoms with Crippen molar-refractivity contribution >= 4 is 37.3 Å². The Balaban J connectivity index is 1.75. The van der Waals surface area contributed by atoms with E-state index in [-0.39, 0.29) is 4.90 Å². The summed E-state index contributed by atoms with van der Waals surface area (Å²) in [5.41, 5.74) is 1.47. The number of anilines is 1. The third-order valence-corrected chi connectivity index (χ3v) is 5.64. The first-order chi connectivity index (χ1) is 12.0. The first-order valence-corrected chi connectivity index (χ1v) is 9.52. The van der Waals surface area contributed by atoms with E-state index in [1.54, 1.807) is 24.3 Å². The molecule has 0 amide bonds. The zero-order valence-electron chi connectivity index (χ0n) is 13.7. The van der Waals surface area contributed by atoms with Crippen LogP contribution < -0.4 is 4.72 Å². The Hall–Kier alpha value is -2.85. The van der Waals surface area contributed by atoms with Gasteiger partial charge < -0.3 is 0 Å². The van der Waals surface area contributed by atoms with Gasteiger partial charge in [-0.3, -0.25) is 4.72 Å². The minimum atomic E-state index is -3.60. The Bertz CT molecular complexity index is 1200. The first kappa shape index (κ1) is 15.7. The summed E-state index contributed by atoms with van der Waals surface area (Å²) >= 11 is 0. The molecule has 0 spiro atoms. The highest BCUT2D eigenvalue weighted by Gasteiger charge is 2.14. The second kappa shape index (κ2) is 5.90. The van der Waals surface area contributed by atoms with Gasteiger partial charge in [-0.05, 0) is 70.4 Å². The molecule has 4 aromatic rings. The number of nitrogens with one attached hydrogen (secondary N) is 1. The molecule has 4 aromatic carbocycles. The molecule has 0 aliphatic rings. The normalized spacial score (nSPS) is 11.7. The third kappa shape index (κ3) is 3.08. The second-order valence-corrected chi connectivity index (χ2v) is 7.87. The van der Waals surface area contributed by atoms with Crippen LogP contribution in [0, 0.1) is 6.92 Å². The van der Waals surface area contributed by atoms with E-state index in [0.29, 0.717) is 5.69 Å². The van der Waals surface area contributed by atoms with E-state index in [4.69, 9.17) is 0 Å². The maximum atomic E-state index is 12.6. The third-order valence-electron chi connectivity index (χ3n) is 4.26. The highest BCUT2D eigenvalue weighted by Crippen LogP contribution is 2.26. The molecule has 124 valence electrons. The van der Waals surface area contributed by atoms with Gasteiger partial charge in [-0.1, -0.05) is 42.5 Å². The topological polar surface area (TPSA) is 46.2 Å².